The molecule has 0 radical (unpaired) electrons. The highest BCUT2D eigenvalue weighted by atomic mass is 32.2. The number of carbonyl (C=O) groups excluding carboxylic acids is 1. The van der Waals surface area contributed by atoms with Gasteiger partial charge in [-0.2, -0.15) is 0 Å². The number of benzene rings is 3. The highest BCUT2D eigenvalue weighted by Gasteiger charge is 2.25. The molecule has 180 valence electrons. The van der Waals surface area contributed by atoms with Crippen LogP contribution in [-0.4, -0.2) is 33.4 Å². The standard InChI is InChI=1S/C27H26N2O5S/c1-28(25-12-6-7-13-26(25)33-2)35(31,32)24-16-14-22(15-17-24)27(30)29(20-23-11-8-18-34-23)19-21-9-4-3-5-10-21/h3-18H,19-20H2,1-2H3. The van der Waals surface area contributed by atoms with E-state index >= 15 is 0 Å². The largest absolute Gasteiger partial charge is 0.495 e. The fourth-order valence-corrected chi connectivity index (χ4v) is 4.93. The van der Waals surface area contributed by atoms with Gasteiger partial charge in [-0.1, -0.05) is 42.5 Å². The lowest BCUT2D eigenvalue weighted by atomic mass is 10.1. The first-order valence-corrected chi connectivity index (χ1v) is 12.4. The van der Waals surface area contributed by atoms with Gasteiger partial charge in [0.1, 0.15) is 11.5 Å². The van der Waals surface area contributed by atoms with Crippen molar-refractivity contribution in [2.75, 3.05) is 18.5 Å². The second kappa shape index (κ2) is 10.5. The van der Waals surface area contributed by atoms with E-state index in [0.717, 1.165) is 5.56 Å². The summed E-state index contributed by atoms with van der Waals surface area (Å²) in [6.45, 7) is 0.675. The quantitative estimate of drug-likeness (QED) is 0.331. The van der Waals surface area contributed by atoms with Crippen molar-refractivity contribution in [1.82, 2.24) is 4.90 Å². The maximum absolute atomic E-state index is 13.4. The molecule has 0 N–H and O–H groups in total. The number of nitrogens with zero attached hydrogens (tertiary/aromatic N) is 2. The lowest BCUT2D eigenvalue weighted by Crippen LogP contribution is -2.30. The van der Waals surface area contributed by atoms with E-state index in [0.29, 0.717) is 29.3 Å². The van der Waals surface area contributed by atoms with E-state index in [1.807, 2.05) is 36.4 Å². The Hall–Kier alpha value is -4.04. The number of methoxy groups -OCH3 is 1. The maximum atomic E-state index is 13.4. The monoisotopic (exact) mass is 490 g/mol. The van der Waals surface area contributed by atoms with Gasteiger partial charge in [-0.25, -0.2) is 8.42 Å². The van der Waals surface area contributed by atoms with Crippen LogP contribution in [0.4, 0.5) is 5.69 Å². The zero-order valence-corrected chi connectivity index (χ0v) is 20.3. The molecule has 0 aliphatic carbocycles. The summed E-state index contributed by atoms with van der Waals surface area (Å²) in [4.78, 5) is 15.1. The number of ether oxygens (including phenoxy) is 1. The Morgan fingerprint density at radius 1 is 0.857 bits per heavy atom. The van der Waals surface area contributed by atoms with E-state index in [4.69, 9.17) is 9.15 Å². The predicted molar refractivity (Wildman–Crippen MR) is 134 cm³/mol. The molecule has 3 aromatic carbocycles. The Bertz CT molecular complexity index is 1370. The van der Waals surface area contributed by atoms with Gasteiger partial charge in [-0.05, 0) is 54.1 Å². The van der Waals surface area contributed by atoms with Crippen LogP contribution in [0.25, 0.3) is 0 Å². The van der Waals surface area contributed by atoms with Crippen molar-refractivity contribution in [2.24, 2.45) is 0 Å². The van der Waals surface area contributed by atoms with E-state index in [-0.39, 0.29) is 17.3 Å². The average molecular weight is 491 g/mol. The van der Waals surface area contributed by atoms with E-state index < -0.39 is 10.0 Å². The smallest absolute Gasteiger partial charge is 0.264 e. The first kappa shape index (κ1) is 24.1. The third-order valence-electron chi connectivity index (χ3n) is 5.61. The van der Waals surface area contributed by atoms with Crippen LogP contribution in [0.15, 0.2) is 107 Å². The maximum Gasteiger partial charge on any atom is 0.264 e. The highest BCUT2D eigenvalue weighted by Crippen LogP contribution is 2.31. The van der Waals surface area contributed by atoms with Gasteiger partial charge >= 0.3 is 0 Å². The van der Waals surface area contributed by atoms with Crippen molar-refractivity contribution in [2.45, 2.75) is 18.0 Å². The molecule has 0 aliphatic rings. The van der Waals surface area contributed by atoms with Crippen LogP contribution in [0.1, 0.15) is 21.7 Å². The average Bonchev–Trinajstić information content (AvgIpc) is 3.41. The molecule has 0 bridgehead atoms. The summed E-state index contributed by atoms with van der Waals surface area (Å²) >= 11 is 0. The molecule has 1 amide bonds. The number of hydrogen-bond acceptors (Lipinski definition) is 5. The molecule has 7 nitrogen and oxygen atoms in total. The summed E-state index contributed by atoms with van der Waals surface area (Å²) < 4.78 is 38.4. The van der Waals surface area contributed by atoms with Crippen LogP contribution in [0.2, 0.25) is 0 Å². The number of anilines is 1. The molecule has 4 rings (SSSR count). The Morgan fingerprint density at radius 2 is 1.54 bits per heavy atom. The molecule has 0 unspecified atom stereocenters. The van der Waals surface area contributed by atoms with Gasteiger partial charge in [0.05, 0.1) is 30.5 Å². The summed E-state index contributed by atoms with van der Waals surface area (Å²) in [6.07, 6.45) is 1.57. The second-order valence-electron chi connectivity index (χ2n) is 7.89. The minimum Gasteiger partial charge on any atom is -0.495 e. The molecule has 0 saturated heterocycles. The molecule has 0 atom stereocenters. The van der Waals surface area contributed by atoms with Crippen molar-refractivity contribution in [3.05, 3.63) is 114 Å². The summed E-state index contributed by atoms with van der Waals surface area (Å²) in [5.74, 6) is 0.874. The van der Waals surface area contributed by atoms with Crippen molar-refractivity contribution in [3.8, 4) is 5.75 Å². The minimum atomic E-state index is -3.86. The van der Waals surface area contributed by atoms with Gasteiger partial charge in [-0.15, -0.1) is 0 Å². The number of amides is 1. The first-order chi connectivity index (χ1) is 16.9. The van der Waals surface area contributed by atoms with E-state index in [1.165, 1.54) is 42.7 Å². The van der Waals surface area contributed by atoms with Crippen LogP contribution < -0.4 is 9.04 Å². The van der Waals surface area contributed by atoms with Crippen molar-refractivity contribution in [1.29, 1.82) is 0 Å². The number of hydrogen-bond donors (Lipinski definition) is 0. The van der Waals surface area contributed by atoms with Crippen molar-refractivity contribution >= 4 is 21.6 Å². The third-order valence-corrected chi connectivity index (χ3v) is 7.40. The normalized spacial score (nSPS) is 11.1. The van der Waals surface area contributed by atoms with Gasteiger partial charge in [0.2, 0.25) is 0 Å². The highest BCUT2D eigenvalue weighted by molar-refractivity contribution is 7.92. The fraction of sp³-hybridized carbons (Fsp3) is 0.148. The molecule has 0 aliphatic heterocycles. The topological polar surface area (TPSA) is 80.1 Å². The number of sulfonamides is 1. The zero-order chi connectivity index (χ0) is 24.8. The van der Waals surface area contributed by atoms with Gasteiger partial charge in [0.25, 0.3) is 15.9 Å². The zero-order valence-electron chi connectivity index (χ0n) is 19.5. The van der Waals surface area contributed by atoms with Gasteiger partial charge < -0.3 is 14.1 Å². The summed E-state index contributed by atoms with van der Waals surface area (Å²) in [6, 6.07) is 26.1. The van der Waals surface area contributed by atoms with Crippen LogP contribution in [0, 0.1) is 0 Å². The molecular weight excluding hydrogens is 464 g/mol. The van der Waals surface area contributed by atoms with Crippen LogP contribution in [0.3, 0.4) is 0 Å². The third kappa shape index (κ3) is 5.38. The van der Waals surface area contributed by atoms with Crippen molar-refractivity contribution < 1.29 is 22.4 Å². The van der Waals surface area contributed by atoms with Crippen LogP contribution in [-0.2, 0) is 23.1 Å². The molecule has 0 fully saturated rings. The molecule has 8 heteroatoms. The van der Waals surface area contributed by atoms with Crippen LogP contribution >= 0.6 is 0 Å². The number of rotatable bonds is 9. The summed E-state index contributed by atoms with van der Waals surface area (Å²) in [5.41, 5.74) is 1.78. The fourth-order valence-electron chi connectivity index (χ4n) is 3.72. The van der Waals surface area contributed by atoms with E-state index in [1.54, 1.807) is 41.5 Å². The molecule has 0 saturated carbocycles. The lowest BCUT2D eigenvalue weighted by Gasteiger charge is -2.23. The predicted octanol–water partition coefficient (Wildman–Crippen LogP) is 4.96. The molecule has 1 heterocycles. The number of para-hydroxylation sites is 2. The first-order valence-electron chi connectivity index (χ1n) is 11.0. The molecule has 4 aromatic rings. The molecule has 35 heavy (non-hydrogen) atoms. The Kier molecular flexibility index (Phi) is 7.22. The Balaban J connectivity index is 1.58. The Labute approximate surface area is 205 Å². The van der Waals surface area contributed by atoms with Gasteiger partial charge in [0.15, 0.2) is 0 Å². The van der Waals surface area contributed by atoms with Gasteiger partial charge in [-0.3, -0.25) is 9.10 Å². The van der Waals surface area contributed by atoms with Crippen molar-refractivity contribution in [3.63, 3.8) is 0 Å². The number of furan rings is 1. The SMILES string of the molecule is COc1ccccc1N(C)S(=O)(=O)c1ccc(C(=O)N(Cc2ccccc2)Cc2ccco2)cc1. The summed E-state index contributed by atoms with van der Waals surface area (Å²) in [7, 11) is -0.904. The summed E-state index contributed by atoms with van der Waals surface area (Å²) in [5, 5.41) is 0. The van der Waals surface area contributed by atoms with Gasteiger partial charge in [0, 0.05) is 19.2 Å². The lowest BCUT2D eigenvalue weighted by molar-refractivity contribution is 0.0717. The second-order valence-corrected chi connectivity index (χ2v) is 9.86. The van der Waals surface area contributed by atoms with E-state index in [2.05, 4.69) is 0 Å². The number of carbonyl (C=O) groups is 1. The minimum absolute atomic E-state index is 0.0723. The molecule has 0 spiro atoms. The van der Waals surface area contributed by atoms with Crippen LogP contribution in [0.5, 0.6) is 5.75 Å². The molecular formula is C27H26N2O5S. The van der Waals surface area contributed by atoms with E-state index in [9.17, 15) is 13.2 Å². The molecule has 1 aromatic heterocycles. The Morgan fingerprint density at radius 3 is 2.20 bits per heavy atom.